The Morgan fingerprint density at radius 2 is 2.04 bits per heavy atom. The van der Waals surface area contributed by atoms with E-state index in [0.717, 1.165) is 27.1 Å². The molecule has 25 heavy (non-hydrogen) atoms. The molecule has 0 fully saturated rings. The van der Waals surface area contributed by atoms with Gasteiger partial charge in [-0.2, -0.15) is 0 Å². The first-order valence-corrected chi connectivity index (χ1v) is 9.31. The molecule has 0 saturated carbocycles. The molecule has 1 amide bonds. The first-order valence-electron chi connectivity index (χ1n) is 8.33. The highest BCUT2D eigenvalue weighted by molar-refractivity contribution is 7.99. The van der Waals surface area contributed by atoms with E-state index in [1.54, 1.807) is 11.8 Å². The molecule has 4 nitrogen and oxygen atoms in total. The molecule has 0 aliphatic rings. The second-order valence-electron chi connectivity index (χ2n) is 5.90. The fraction of sp³-hybridized carbons (Fsp3) is 0.250. The standard InChI is InChI=1S/C20H22N2O2S/c1-3-25-19-7-5-4-6-16(19)20(24)21-13-18(23)15-8-9-17-14(12-15)10-11-22(17)2/h4-12,18,23H,3,13H2,1-2H3,(H,21,24). The lowest BCUT2D eigenvalue weighted by molar-refractivity contribution is 0.0913. The minimum atomic E-state index is -0.737. The quantitative estimate of drug-likeness (QED) is 0.663. The van der Waals surface area contributed by atoms with Crippen LogP contribution in [0, 0.1) is 0 Å². The molecule has 0 spiro atoms. The van der Waals surface area contributed by atoms with Crippen LogP contribution in [0.1, 0.15) is 28.9 Å². The van der Waals surface area contributed by atoms with E-state index in [2.05, 4.69) is 12.2 Å². The summed E-state index contributed by atoms with van der Waals surface area (Å²) in [5.74, 6) is 0.751. The number of carbonyl (C=O) groups is 1. The first-order chi connectivity index (χ1) is 12.1. The highest BCUT2D eigenvalue weighted by atomic mass is 32.2. The molecule has 3 rings (SSSR count). The number of aromatic nitrogens is 1. The van der Waals surface area contributed by atoms with Gasteiger partial charge < -0.3 is 15.0 Å². The molecular weight excluding hydrogens is 332 g/mol. The maximum atomic E-state index is 12.5. The number of rotatable bonds is 6. The fourth-order valence-corrected chi connectivity index (χ4v) is 3.65. The number of hydrogen-bond donors (Lipinski definition) is 2. The molecule has 1 aromatic heterocycles. The summed E-state index contributed by atoms with van der Waals surface area (Å²) in [5.41, 5.74) is 2.57. The molecule has 0 aliphatic carbocycles. The van der Waals surface area contributed by atoms with E-state index in [9.17, 15) is 9.90 Å². The number of nitrogens with zero attached hydrogens (tertiary/aromatic N) is 1. The topological polar surface area (TPSA) is 54.3 Å². The number of benzene rings is 2. The lowest BCUT2D eigenvalue weighted by Crippen LogP contribution is -2.28. The van der Waals surface area contributed by atoms with Crippen LogP contribution < -0.4 is 5.32 Å². The number of aliphatic hydroxyl groups excluding tert-OH is 1. The highest BCUT2D eigenvalue weighted by Crippen LogP contribution is 2.23. The zero-order valence-electron chi connectivity index (χ0n) is 14.4. The second-order valence-corrected chi connectivity index (χ2v) is 7.21. The van der Waals surface area contributed by atoms with Crippen LogP contribution in [0.4, 0.5) is 0 Å². The molecule has 0 bridgehead atoms. The van der Waals surface area contributed by atoms with Gasteiger partial charge in [-0.15, -0.1) is 11.8 Å². The zero-order valence-corrected chi connectivity index (χ0v) is 15.2. The number of aryl methyl sites for hydroxylation is 1. The number of fused-ring (bicyclic) bond motifs is 1. The third kappa shape index (κ3) is 3.89. The van der Waals surface area contributed by atoms with Crippen molar-refractivity contribution in [1.82, 2.24) is 9.88 Å². The number of carbonyl (C=O) groups excluding carboxylic acids is 1. The van der Waals surface area contributed by atoms with Crippen molar-refractivity contribution in [2.45, 2.75) is 17.9 Å². The lowest BCUT2D eigenvalue weighted by Gasteiger charge is -2.14. The zero-order chi connectivity index (χ0) is 17.8. The predicted molar refractivity (Wildman–Crippen MR) is 103 cm³/mol. The van der Waals surface area contributed by atoms with Crippen LogP contribution in [-0.4, -0.2) is 27.9 Å². The van der Waals surface area contributed by atoms with Crippen LogP contribution in [-0.2, 0) is 7.05 Å². The summed E-state index contributed by atoms with van der Waals surface area (Å²) < 4.78 is 2.04. The lowest BCUT2D eigenvalue weighted by atomic mass is 10.1. The Kier molecular flexibility index (Phi) is 5.46. The largest absolute Gasteiger partial charge is 0.387 e. The SMILES string of the molecule is CCSc1ccccc1C(=O)NCC(O)c1ccc2c(ccn2C)c1. The summed E-state index contributed by atoms with van der Waals surface area (Å²) in [6.45, 7) is 2.24. The van der Waals surface area contributed by atoms with Gasteiger partial charge in [0.25, 0.3) is 5.91 Å². The van der Waals surface area contributed by atoms with Gasteiger partial charge in [-0.25, -0.2) is 0 Å². The Labute approximate surface area is 151 Å². The molecule has 1 heterocycles. The first kappa shape index (κ1) is 17.6. The van der Waals surface area contributed by atoms with Crippen LogP contribution >= 0.6 is 11.8 Å². The summed E-state index contributed by atoms with van der Waals surface area (Å²) in [6, 6.07) is 15.4. The summed E-state index contributed by atoms with van der Waals surface area (Å²) in [5, 5.41) is 14.3. The number of thioether (sulfide) groups is 1. The molecule has 130 valence electrons. The predicted octanol–water partition coefficient (Wildman–Crippen LogP) is 3.75. The van der Waals surface area contributed by atoms with Gasteiger partial charge in [0, 0.05) is 30.2 Å². The van der Waals surface area contributed by atoms with Crippen LogP contribution in [0.25, 0.3) is 10.9 Å². The van der Waals surface area contributed by atoms with Crippen molar-refractivity contribution in [3.05, 3.63) is 65.9 Å². The average molecular weight is 354 g/mol. The van der Waals surface area contributed by atoms with E-state index < -0.39 is 6.10 Å². The third-order valence-electron chi connectivity index (χ3n) is 4.18. The van der Waals surface area contributed by atoms with Crippen LogP contribution in [0.5, 0.6) is 0 Å². The molecule has 3 aromatic rings. The molecular formula is C20H22N2O2S. The van der Waals surface area contributed by atoms with E-state index in [4.69, 9.17) is 0 Å². The van der Waals surface area contributed by atoms with Gasteiger partial charge in [-0.1, -0.05) is 25.1 Å². The van der Waals surface area contributed by atoms with Crippen LogP contribution in [0.2, 0.25) is 0 Å². The molecule has 1 atom stereocenters. The van der Waals surface area contributed by atoms with Crippen LogP contribution in [0.15, 0.2) is 59.6 Å². The Hall–Kier alpha value is -2.24. The van der Waals surface area contributed by atoms with Crippen molar-refractivity contribution in [3.8, 4) is 0 Å². The average Bonchev–Trinajstić information content (AvgIpc) is 3.00. The molecule has 0 aliphatic heterocycles. The van der Waals surface area contributed by atoms with Crippen LogP contribution in [0.3, 0.4) is 0 Å². The number of hydrogen-bond acceptors (Lipinski definition) is 3. The van der Waals surface area contributed by atoms with Crippen molar-refractivity contribution in [1.29, 1.82) is 0 Å². The maximum Gasteiger partial charge on any atom is 0.252 e. The van der Waals surface area contributed by atoms with E-state index in [0.29, 0.717) is 5.56 Å². The molecule has 1 unspecified atom stereocenters. The molecule has 0 radical (unpaired) electrons. The van der Waals surface area contributed by atoms with Gasteiger partial charge in [0.2, 0.25) is 0 Å². The molecule has 5 heteroatoms. The number of nitrogens with one attached hydrogen (secondary N) is 1. The number of aliphatic hydroxyl groups is 1. The van der Waals surface area contributed by atoms with Crippen molar-refractivity contribution >= 4 is 28.6 Å². The smallest absolute Gasteiger partial charge is 0.252 e. The minimum Gasteiger partial charge on any atom is -0.387 e. The van der Waals surface area contributed by atoms with Crippen molar-refractivity contribution in [2.75, 3.05) is 12.3 Å². The Balaban J connectivity index is 1.68. The van der Waals surface area contributed by atoms with Crippen molar-refractivity contribution in [2.24, 2.45) is 7.05 Å². The maximum absolute atomic E-state index is 12.5. The van der Waals surface area contributed by atoms with Gasteiger partial charge in [-0.05, 0) is 47.0 Å². The summed E-state index contributed by atoms with van der Waals surface area (Å²) >= 11 is 1.64. The minimum absolute atomic E-state index is 0.156. The van der Waals surface area contributed by atoms with Crippen molar-refractivity contribution in [3.63, 3.8) is 0 Å². The van der Waals surface area contributed by atoms with E-state index >= 15 is 0 Å². The monoisotopic (exact) mass is 354 g/mol. The Morgan fingerprint density at radius 3 is 2.84 bits per heavy atom. The summed E-state index contributed by atoms with van der Waals surface area (Å²) in [7, 11) is 1.99. The van der Waals surface area contributed by atoms with E-state index in [-0.39, 0.29) is 12.5 Å². The van der Waals surface area contributed by atoms with Gasteiger partial charge in [0.1, 0.15) is 0 Å². The Bertz CT molecular complexity index is 888. The van der Waals surface area contributed by atoms with Gasteiger partial charge in [0.05, 0.1) is 11.7 Å². The summed E-state index contributed by atoms with van der Waals surface area (Å²) in [6.07, 6.45) is 1.25. The van der Waals surface area contributed by atoms with E-state index in [1.165, 1.54) is 0 Å². The Morgan fingerprint density at radius 1 is 1.24 bits per heavy atom. The van der Waals surface area contributed by atoms with Crippen molar-refractivity contribution < 1.29 is 9.90 Å². The second kappa shape index (κ2) is 7.76. The molecule has 0 saturated heterocycles. The summed E-state index contributed by atoms with van der Waals surface area (Å²) in [4.78, 5) is 13.4. The normalized spacial score (nSPS) is 12.3. The molecule has 2 N–H and O–H groups in total. The molecule has 2 aromatic carbocycles. The fourth-order valence-electron chi connectivity index (χ4n) is 2.85. The number of amides is 1. The highest BCUT2D eigenvalue weighted by Gasteiger charge is 2.14. The van der Waals surface area contributed by atoms with Gasteiger partial charge >= 0.3 is 0 Å². The third-order valence-corrected chi connectivity index (χ3v) is 5.14. The van der Waals surface area contributed by atoms with Gasteiger partial charge in [-0.3, -0.25) is 4.79 Å². The van der Waals surface area contributed by atoms with Gasteiger partial charge in [0.15, 0.2) is 0 Å². The van der Waals surface area contributed by atoms with E-state index in [1.807, 2.05) is 66.3 Å².